The number of carbonyl (C=O) groups excluding carboxylic acids is 3. The van der Waals surface area contributed by atoms with E-state index >= 15 is 0 Å². The van der Waals surface area contributed by atoms with Gasteiger partial charge in [-0.2, -0.15) is 13.2 Å². The van der Waals surface area contributed by atoms with Gasteiger partial charge in [0.15, 0.2) is 0 Å². The Hall–Kier alpha value is -3.56. The number of carbonyl (C=O) groups is 3. The van der Waals surface area contributed by atoms with Crippen LogP contribution in [-0.4, -0.2) is 41.6 Å². The fourth-order valence-corrected chi connectivity index (χ4v) is 3.75. The van der Waals surface area contributed by atoms with Gasteiger partial charge in [-0.15, -0.1) is 0 Å². The third-order valence-electron chi connectivity index (χ3n) is 5.43. The molecule has 0 atom stereocenters. The molecule has 0 spiro atoms. The van der Waals surface area contributed by atoms with Crippen molar-refractivity contribution in [2.45, 2.75) is 51.8 Å². The summed E-state index contributed by atoms with van der Waals surface area (Å²) in [6.45, 7) is 5.87. The molecule has 36 heavy (non-hydrogen) atoms. The first-order chi connectivity index (χ1) is 16.8. The second-order valence-corrected chi connectivity index (χ2v) is 9.61. The average Bonchev–Trinajstić information content (AvgIpc) is 2.78. The fraction of sp³-hybridized carbons (Fsp3) is 0.423. The standard InChI is InChI=1S/C26H29F3N2O5/c1-25(2,3)36-24(34)31-11-9-18(10-12-31)23(33)30-20-14-17(13-19(16-20)26(27,28)29)15-22(32)35-21-7-5-4-6-8-21/h4-8,13-14,16,18H,9-12,15H2,1-3H3,(H,30,33). The summed E-state index contributed by atoms with van der Waals surface area (Å²) >= 11 is 0. The first-order valence-electron chi connectivity index (χ1n) is 11.6. The number of anilines is 1. The minimum absolute atomic E-state index is 0.0563. The summed E-state index contributed by atoms with van der Waals surface area (Å²) < 4.78 is 51.0. The number of nitrogens with one attached hydrogen (secondary N) is 1. The summed E-state index contributed by atoms with van der Waals surface area (Å²) in [5.74, 6) is -1.38. The minimum Gasteiger partial charge on any atom is -0.444 e. The summed E-state index contributed by atoms with van der Waals surface area (Å²) in [5, 5.41) is 2.54. The number of halogens is 3. The third kappa shape index (κ3) is 8.00. The molecule has 2 aromatic carbocycles. The molecule has 0 radical (unpaired) electrons. The number of hydrogen-bond donors (Lipinski definition) is 1. The van der Waals surface area contributed by atoms with Gasteiger partial charge in [0, 0.05) is 24.7 Å². The Balaban J connectivity index is 1.66. The van der Waals surface area contributed by atoms with Crippen molar-refractivity contribution in [3.63, 3.8) is 0 Å². The van der Waals surface area contributed by atoms with Crippen LogP contribution in [0, 0.1) is 5.92 Å². The number of rotatable bonds is 5. The Morgan fingerprint density at radius 3 is 2.22 bits per heavy atom. The van der Waals surface area contributed by atoms with Crippen LogP contribution in [0.1, 0.15) is 44.7 Å². The average molecular weight is 507 g/mol. The second-order valence-electron chi connectivity index (χ2n) is 9.61. The lowest BCUT2D eigenvalue weighted by Gasteiger charge is -2.33. The normalized spacial score (nSPS) is 14.8. The van der Waals surface area contributed by atoms with Crippen LogP contribution in [0.15, 0.2) is 48.5 Å². The molecule has 2 aromatic rings. The van der Waals surface area contributed by atoms with E-state index in [0.29, 0.717) is 25.9 Å². The Kier molecular flexibility index (Phi) is 8.27. The number of hydrogen-bond acceptors (Lipinski definition) is 5. The molecule has 1 saturated heterocycles. The molecule has 7 nitrogen and oxygen atoms in total. The minimum atomic E-state index is -4.67. The molecule has 0 saturated carbocycles. The van der Waals surface area contributed by atoms with Gasteiger partial charge in [0.05, 0.1) is 12.0 Å². The zero-order chi connectivity index (χ0) is 26.5. The molecule has 1 N–H and O–H groups in total. The fourth-order valence-electron chi connectivity index (χ4n) is 3.75. The molecule has 0 unspecified atom stereocenters. The van der Waals surface area contributed by atoms with Crippen molar-refractivity contribution >= 4 is 23.7 Å². The molecule has 0 aliphatic carbocycles. The number of likely N-dealkylation sites (tertiary alicyclic amines) is 1. The molecule has 194 valence electrons. The largest absolute Gasteiger partial charge is 0.444 e. The highest BCUT2D eigenvalue weighted by Crippen LogP contribution is 2.33. The van der Waals surface area contributed by atoms with Crippen molar-refractivity contribution in [1.29, 1.82) is 0 Å². The van der Waals surface area contributed by atoms with Gasteiger partial charge in [-0.25, -0.2) is 4.79 Å². The third-order valence-corrected chi connectivity index (χ3v) is 5.43. The molecule has 1 aliphatic heterocycles. The number of alkyl halides is 3. The van der Waals surface area contributed by atoms with E-state index in [2.05, 4.69) is 5.32 Å². The van der Waals surface area contributed by atoms with Gasteiger partial charge >= 0.3 is 18.2 Å². The van der Waals surface area contributed by atoms with Crippen LogP contribution in [0.5, 0.6) is 5.75 Å². The predicted molar refractivity (Wildman–Crippen MR) is 126 cm³/mol. The van der Waals surface area contributed by atoms with Crippen LogP contribution in [0.4, 0.5) is 23.7 Å². The maximum atomic E-state index is 13.5. The van der Waals surface area contributed by atoms with E-state index in [-0.39, 0.29) is 17.0 Å². The van der Waals surface area contributed by atoms with E-state index in [4.69, 9.17) is 9.47 Å². The van der Waals surface area contributed by atoms with E-state index in [0.717, 1.165) is 12.1 Å². The highest BCUT2D eigenvalue weighted by Gasteiger charge is 2.33. The number of piperidine rings is 1. The van der Waals surface area contributed by atoms with Gasteiger partial charge in [-0.1, -0.05) is 18.2 Å². The Morgan fingerprint density at radius 1 is 1.00 bits per heavy atom. The number of amides is 2. The summed E-state index contributed by atoms with van der Waals surface area (Å²) in [6, 6.07) is 11.2. The molecule has 1 heterocycles. The van der Waals surface area contributed by atoms with E-state index in [9.17, 15) is 27.6 Å². The lowest BCUT2D eigenvalue weighted by molar-refractivity contribution is -0.138. The van der Waals surface area contributed by atoms with Gasteiger partial charge in [0.1, 0.15) is 11.4 Å². The molecule has 0 bridgehead atoms. The molecule has 0 aromatic heterocycles. The number of nitrogens with zero attached hydrogens (tertiary/aromatic N) is 1. The second kappa shape index (κ2) is 11.0. The lowest BCUT2D eigenvalue weighted by atomic mass is 9.96. The molecule has 1 fully saturated rings. The Morgan fingerprint density at radius 2 is 1.64 bits per heavy atom. The van der Waals surface area contributed by atoms with Crippen LogP contribution < -0.4 is 10.1 Å². The van der Waals surface area contributed by atoms with Crippen molar-refractivity contribution in [2.24, 2.45) is 5.92 Å². The molecule has 3 rings (SSSR count). The summed E-state index contributed by atoms with van der Waals surface area (Å²) in [5.41, 5.74) is -1.63. The van der Waals surface area contributed by atoms with Gasteiger partial charge in [-0.3, -0.25) is 9.59 Å². The van der Waals surface area contributed by atoms with Crippen molar-refractivity contribution in [2.75, 3.05) is 18.4 Å². The van der Waals surface area contributed by atoms with E-state index in [1.807, 2.05) is 0 Å². The zero-order valence-corrected chi connectivity index (χ0v) is 20.4. The summed E-state index contributed by atoms with van der Waals surface area (Å²) in [4.78, 5) is 38.8. The maximum absolute atomic E-state index is 13.5. The van der Waals surface area contributed by atoms with E-state index < -0.39 is 47.6 Å². The number of para-hydroxylation sites is 1. The van der Waals surface area contributed by atoms with Crippen molar-refractivity contribution < 1.29 is 37.0 Å². The number of esters is 1. The summed E-state index contributed by atoms with van der Waals surface area (Å²) in [6.07, 6.45) is -4.85. The zero-order valence-electron chi connectivity index (χ0n) is 20.4. The van der Waals surface area contributed by atoms with Gasteiger partial charge in [0.25, 0.3) is 0 Å². The van der Waals surface area contributed by atoms with Crippen LogP contribution >= 0.6 is 0 Å². The van der Waals surface area contributed by atoms with Crippen LogP contribution in [0.3, 0.4) is 0 Å². The maximum Gasteiger partial charge on any atom is 0.416 e. The molecule has 10 heteroatoms. The predicted octanol–water partition coefficient (Wildman–Crippen LogP) is 5.44. The van der Waals surface area contributed by atoms with E-state index in [1.54, 1.807) is 51.1 Å². The topological polar surface area (TPSA) is 84.9 Å². The van der Waals surface area contributed by atoms with Crippen molar-refractivity contribution in [3.05, 3.63) is 59.7 Å². The Bertz CT molecular complexity index is 1090. The molecule has 1 aliphatic rings. The smallest absolute Gasteiger partial charge is 0.416 e. The van der Waals surface area contributed by atoms with Gasteiger partial charge in [-0.05, 0) is 69.5 Å². The first-order valence-corrected chi connectivity index (χ1v) is 11.6. The number of ether oxygens (including phenoxy) is 2. The monoisotopic (exact) mass is 506 g/mol. The Labute approximate surface area is 207 Å². The summed E-state index contributed by atoms with van der Waals surface area (Å²) in [7, 11) is 0. The highest BCUT2D eigenvalue weighted by atomic mass is 19.4. The first kappa shape index (κ1) is 27.0. The number of benzene rings is 2. The molecular weight excluding hydrogens is 477 g/mol. The molecular formula is C26H29F3N2O5. The van der Waals surface area contributed by atoms with Gasteiger partial charge < -0.3 is 19.7 Å². The van der Waals surface area contributed by atoms with E-state index in [1.165, 1.54) is 11.0 Å². The quantitative estimate of drug-likeness (QED) is 0.431. The SMILES string of the molecule is CC(C)(C)OC(=O)N1CCC(C(=O)Nc2cc(CC(=O)Oc3ccccc3)cc(C(F)(F)F)c2)CC1. The lowest BCUT2D eigenvalue weighted by Crippen LogP contribution is -2.43. The van der Waals surface area contributed by atoms with Gasteiger partial charge in [0.2, 0.25) is 5.91 Å². The van der Waals surface area contributed by atoms with Crippen molar-refractivity contribution in [3.8, 4) is 5.75 Å². The van der Waals surface area contributed by atoms with Crippen LogP contribution in [0.2, 0.25) is 0 Å². The van der Waals surface area contributed by atoms with Crippen LogP contribution in [-0.2, 0) is 26.9 Å². The molecule has 2 amide bonds. The highest BCUT2D eigenvalue weighted by molar-refractivity contribution is 5.93. The van der Waals surface area contributed by atoms with Crippen molar-refractivity contribution in [1.82, 2.24) is 4.90 Å². The van der Waals surface area contributed by atoms with Crippen LogP contribution in [0.25, 0.3) is 0 Å².